The number of ether oxygens (including phenoxy) is 3. The number of morpholine rings is 1. The molecular formula is C20H28N2O6. The summed E-state index contributed by atoms with van der Waals surface area (Å²) < 4.78 is 15.8. The lowest BCUT2D eigenvalue weighted by atomic mass is 10.0. The molecule has 0 aromatic heterocycles. The number of carbonyl (C=O) groups is 3. The molecule has 0 radical (unpaired) electrons. The molecule has 28 heavy (non-hydrogen) atoms. The molecule has 8 heteroatoms. The molecule has 1 N–H and O–H groups in total. The molecule has 1 aliphatic rings. The summed E-state index contributed by atoms with van der Waals surface area (Å²) in [6.45, 7) is 7.00. The number of methoxy groups -OCH3 is 1. The van der Waals surface area contributed by atoms with Gasteiger partial charge in [-0.3, -0.25) is 9.59 Å². The van der Waals surface area contributed by atoms with Crippen molar-refractivity contribution < 1.29 is 28.6 Å². The zero-order valence-corrected chi connectivity index (χ0v) is 16.8. The number of nitrogens with one attached hydrogen (secondary N) is 1. The molecule has 1 aliphatic heterocycles. The Balaban J connectivity index is 2.03. The third-order valence-electron chi connectivity index (χ3n) is 4.52. The summed E-state index contributed by atoms with van der Waals surface area (Å²) in [7, 11) is 1.47. The molecular weight excluding hydrogens is 364 g/mol. The topological polar surface area (TPSA) is 94.2 Å². The van der Waals surface area contributed by atoms with E-state index in [9.17, 15) is 14.4 Å². The van der Waals surface area contributed by atoms with Crippen LogP contribution < -0.4 is 10.1 Å². The van der Waals surface area contributed by atoms with E-state index in [1.807, 2.05) is 0 Å². The zero-order valence-electron chi connectivity index (χ0n) is 16.8. The molecule has 1 heterocycles. The van der Waals surface area contributed by atoms with Gasteiger partial charge in [-0.15, -0.1) is 0 Å². The van der Waals surface area contributed by atoms with E-state index in [4.69, 9.17) is 14.2 Å². The van der Waals surface area contributed by atoms with Crippen molar-refractivity contribution in [2.45, 2.75) is 32.9 Å². The average molecular weight is 392 g/mol. The second-order valence-corrected chi connectivity index (χ2v) is 6.91. The van der Waals surface area contributed by atoms with Crippen LogP contribution in [0.25, 0.3) is 0 Å². The Bertz CT molecular complexity index is 700. The summed E-state index contributed by atoms with van der Waals surface area (Å²) in [6, 6.07) is 5.85. The van der Waals surface area contributed by atoms with Crippen molar-refractivity contribution >= 4 is 17.8 Å². The van der Waals surface area contributed by atoms with Crippen LogP contribution in [-0.4, -0.2) is 68.2 Å². The number of amides is 2. The van der Waals surface area contributed by atoms with E-state index in [1.165, 1.54) is 14.0 Å². The predicted octanol–water partition coefficient (Wildman–Crippen LogP) is 1.24. The normalized spacial score (nSPS) is 16.2. The lowest BCUT2D eigenvalue weighted by molar-refractivity contribution is -0.163. The number of carbonyl (C=O) groups excluding carboxylic acids is 3. The molecule has 1 fully saturated rings. The number of rotatable bonds is 7. The Labute approximate surface area is 165 Å². The molecule has 0 spiro atoms. The average Bonchev–Trinajstić information content (AvgIpc) is 2.71. The Morgan fingerprint density at radius 3 is 2.36 bits per heavy atom. The van der Waals surface area contributed by atoms with Crippen LogP contribution in [0.15, 0.2) is 24.3 Å². The third kappa shape index (κ3) is 5.45. The Hall–Kier alpha value is -2.61. The molecule has 0 saturated carbocycles. The first-order valence-electron chi connectivity index (χ1n) is 9.36. The highest BCUT2D eigenvalue weighted by Gasteiger charge is 2.31. The van der Waals surface area contributed by atoms with Crippen LogP contribution in [0.4, 0.5) is 0 Å². The van der Waals surface area contributed by atoms with Gasteiger partial charge in [0.1, 0.15) is 11.8 Å². The summed E-state index contributed by atoms with van der Waals surface area (Å²) in [5.41, 5.74) is 0.320. The van der Waals surface area contributed by atoms with Gasteiger partial charge in [0.2, 0.25) is 0 Å². The fraction of sp³-hybridized carbons (Fsp3) is 0.550. The smallest absolute Gasteiger partial charge is 0.329 e. The molecule has 0 aliphatic carbocycles. The second kappa shape index (κ2) is 10.1. The number of benzene rings is 1. The number of hydrogen-bond donors (Lipinski definition) is 1. The monoisotopic (exact) mass is 392 g/mol. The summed E-state index contributed by atoms with van der Waals surface area (Å²) in [4.78, 5) is 39.3. The van der Waals surface area contributed by atoms with Gasteiger partial charge < -0.3 is 24.4 Å². The van der Waals surface area contributed by atoms with Crippen molar-refractivity contribution in [3.05, 3.63) is 29.8 Å². The summed E-state index contributed by atoms with van der Waals surface area (Å²) in [5, 5.41) is 2.69. The zero-order chi connectivity index (χ0) is 20.7. The van der Waals surface area contributed by atoms with Crippen LogP contribution in [-0.2, 0) is 19.1 Å². The highest BCUT2D eigenvalue weighted by Crippen LogP contribution is 2.18. The number of esters is 1. The number of hydrogen-bond acceptors (Lipinski definition) is 6. The van der Waals surface area contributed by atoms with Crippen molar-refractivity contribution in [3.63, 3.8) is 0 Å². The molecule has 0 bridgehead atoms. The maximum atomic E-state index is 12.6. The quantitative estimate of drug-likeness (QED) is 0.702. The Morgan fingerprint density at radius 1 is 1.11 bits per heavy atom. The van der Waals surface area contributed by atoms with Crippen LogP contribution in [0.2, 0.25) is 0 Å². The summed E-state index contributed by atoms with van der Waals surface area (Å²) in [6.07, 6.45) is -0.935. The molecule has 2 amide bonds. The van der Waals surface area contributed by atoms with Crippen molar-refractivity contribution in [1.29, 1.82) is 0 Å². The molecule has 1 saturated heterocycles. The van der Waals surface area contributed by atoms with Crippen LogP contribution in [0.5, 0.6) is 5.75 Å². The largest absolute Gasteiger partial charge is 0.496 e. The molecule has 2 rings (SSSR count). The highest BCUT2D eigenvalue weighted by molar-refractivity contribution is 5.99. The molecule has 1 aromatic carbocycles. The van der Waals surface area contributed by atoms with Crippen molar-refractivity contribution in [1.82, 2.24) is 10.2 Å². The highest BCUT2D eigenvalue weighted by atomic mass is 16.5. The first-order chi connectivity index (χ1) is 13.3. The lowest BCUT2D eigenvalue weighted by Gasteiger charge is -2.30. The van der Waals surface area contributed by atoms with Gasteiger partial charge in [0.05, 0.1) is 25.9 Å². The van der Waals surface area contributed by atoms with Gasteiger partial charge in [-0.2, -0.15) is 0 Å². The van der Waals surface area contributed by atoms with Crippen LogP contribution in [0.1, 0.15) is 31.1 Å². The van der Waals surface area contributed by atoms with Crippen LogP contribution >= 0.6 is 0 Å². The second-order valence-electron chi connectivity index (χ2n) is 6.91. The fourth-order valence-electron chi connectivity index (χ4n) is 2.89. The minimum absolute atomic E-state index is 0.225. The maximum absolute atomic E-state index is 12.6. The van der Waals surface area contributed by atoms with E-state index < -0.39 is 24.0 Å². The molecule has 0 unspecified atom stereocenters. The van der Waals surface area contributed by atoms with Gasteiger partial charge in [-0.05, 0) is 25.0 Å². The van der Waals surface area contributed by atoms with Gasteiger partial charge in [0, 0.05) is 13.1 Å². The van der Waals surface area contributed by atoms with Gasteiger partial charge in [0.25, 0.3) is 11.8 Å². The van der Waals surface area contributed by atoms with E-state index in [0.717, 1.165) is 0 Å². The van der Waals surface area contributed by atoms with E-state index >= 15 is 0 Å². The van der Waals surface area contributed by atoms with Gasteiger partial charge in [-0.1, -0.05) is 26.0 Å². The Morgan fingerprint density at radius 2 is 1.75 bits per heavy atom. The third-order valence-corrected chi connectivity index (χ3v) is 4.52. The minimum Gasteiger partial charge on any atom is -0.496 e. The minimum atomic E-state index is -0.935. The van der Waals surface area contributed by atoms with Gasteiger partial charge in [-0.25, -0.2) is 4.79 Å². The lowest BCUT2D eigenvalue weighted by Crippen LogP contribution is -2.49. The molecule has 8 nitrogen and oxygen atoms in total. The first-order valence-corrected chi connectivity index (χ1v) is 9.36. The summed E-state index contributed by atoms with van der Waals surface area (Å²) in [5.74, 6) is -1.17. The Kier molecular flexibility index (Phi) is 7.80. The fourth-order valence-corrected chi connectivity index (χ4v) is 2.89. The molecule has 154 valence electrons. The van der Waals surface area contributed by atoms with Crippen LogP contribution in [0, 0.1) is 5.92 Å². The van der Waals surface area contributed by atoms with Crippen molar-refractivity contribution in [2.75, 3.05) is 33.4 Å². The number of para-hydroxylation sites is 1. The SMILES string of the molecule is COc1ccccc1C(=O)N[C@H](C(=O)O[C@@H](C)C(=O)N1CCOCC1)C(C)C. The summed E-state index contributed by atoms with van der Waals surface area (Å²) >= 11 is 0. The predicted molar refractivity (Wildman–Crippen MR) is 102 cm³/mol. The molecule has 2 atom stereocenters. The standard InChI is InChI=1S/C20H28N2O6/c1-13(2)17(21-18(23)15-7-5-6-8-16(15)26-4)20(25)28-14(3)19(24)22-9-11-27-12-10-22/h5-8,13-14,17H,9-12H2,1-4H3,(H,21,23)/t14-,17-/m0/s1. The molecule has 1 aromatic rings. The first kappa shape index (κ1) is 21.7. The van der Waals surface area contributed by atoms with Crippen molar-refractivity contribution in [2.24, 2.45) is 5.92 Å². The van der Waals surface area contributed by atoms with E-state index in [2.05, 4.69) is 5.32 Å². The van der Waals surface area contributed by atoms with Gasteiger partial charge in [0.15, 0.2) is 6.10 Å². The van der Waals surface area contributed by atoms with Crippen LogP contribution in [0.3, 0.4) is 0 Å². The van der Waals surface area contributed by atoms with E-state index in [0.29, 0.717) is 37.6 Å². The van der Waals surface area contributed by atoms with E-state index in [1.54, 1.807) is 43.0 Å². The van der Waals surface area contributed by atoms with Gasteiger partial charge >= 0.3 is 5.97 Å². The maximum Gasteiger partial charge on any atom is 0.329 e. The van der Waals surface area contributed by atoms with Crippen molar-refractivity contribution in [3.8, 4) is 5.75 Å². The number of nitrogens with zero attached hydrogens (tertiary/aromatic N) is 1. The van der Waals surface area contributed by atoms with E-state index in [-0.39, 0.29) is 11.8 Å².